The van der Waals surface area contributed by atoms with Crippen LogP contribution >= 0.6 is 35.0 Å². The van der Waals surface area contributed by atoms with Gasteiger partial charge in [-0.25, -0.2) is 0 Å². The van der Waals surface area contributed by atoms with Crippen molar-refractivity contribution in [3.8, 4) is 0 Å². The molecule has 0 spiro atoms. The Hall–Kier alpha value is -1.69. The summed E-state index contributed by atoms with van der Waals surface area (Å²) in [6.07, 6.45) is 0. The van der Waals surface area contributed by atoms with Gasteiger partial charge in [-0.15, -0.1) is 11.8 Å². The molecule has 4 nitrogen and oxygen atoms in total. The number of rotatable bonds is 8. The molecule has 0 aliphatic heterocycles. The van der Waals surface area contributed by atoms with Crippen LogP contribution in [0.1, 0.15) is 29.8 Å². The highest BCUT2D eigenvalue weighted by Crippen LogP contribution is 2.25. The molecule has 0 saturated carbocycles. The standard InChI is InChI=1S/C20H22Cl2N2O2S/c1-13(2)10-23-20(26)16-5-3-4-6-18(16)24-19(25)12-27-11-14-7-8-15(21)9-17(14)22/h3-9,13H,10-12H2,1-2H3,(H,23,26)(H,24,25). The van der Waals surface area contributed by atoms with E-state index in [0.29, 0.717) is 39.5 Å². The van der Waals surface area contributed by atoms with Gasteiger partial charge in [0, 0.05) is 22.3 Å². The largest absolute Gasteiger partial charge is 0.352 e. The minimum Gasteiger partial charge on any atom is -0.352 e. The molecule has 0 bridgehead atoms. The minimum atomic E-state index is -0.194. The summed E-state index contributed by atoms with van der Waals surface area (Å²) >= 11 is 13.5. The van der Waals surface area contributed by atoms with Crippen LogP contribution in [0.15, 0.2) is 42.5 Å². The van der Waals surface area contributed by atoms with Crippen LogP contribution in [-0.4, -0.2) is 24.1 Å². The van der Waals surface area contributed by atoms with Crippen molar-refractivity contribution in [1.29, 1.82) is 0 Å². The van der Waals surface area contributed by atoms with Crippen molar-refractivity contribution < 1.29 is 9.59 Å². The number of nitrogens with one attached hydrogen (secondary N) is 2. The average Bonchev–Trinajstić information content (AvgIpc) is 2.62. The minimum absolute atomic E-state index is 0.172. The van der Waals surface area contributed by atoms with E-state index in [4.69, 9.17) is 23.2 Å². The molecule has 2 rings (SSSR count). The van der Waals surface area contributed by atoms with E-state index in [0.717, 1.165) is 5.56 Å². The second-order valence-corrected chi connectivity index (χ2v) is 8.26. The molecule has 0 radical (unpaired) electrons. The molecule has 0 unspecified atom stereocenters. The van der Waals surface area contributed by atoms with E-state index in [1.807, 2.05) is 19.9 Å². The van der Waals surface area contributed by atoms with E-state index in [1.54, 1.807) is 36.4 Å². The molecule has 0 saturated heterocycles. The number of amides is 2. The van der Waals surface area contributed by atoms with Gasteiger partial charge in [-0.1, -0.05) is 55.2 Å². The Balaban J connectivity index is 1.91. The predicted octanol–water partition coefficient (Wildman–Crippen LogP) is 5.25. The van der Waals surface area contributed by atoms with E-state index in [-0.39, 0.29) is 17.6 Å². The number of hydrogen-bond donors (Lipinski definition) is 2. The molecule has 0 atom stereocenters. The molecule has 7 heteroatoms. The second-order valence-electron chi connectivity index (χ2n) is 6.43. The smallest absolute Gasteiger partial charge is 0.253 e. The summed E-state index contributed by atoms with van der Waals surface area (Å²) in [6, 6.07) is 12.3. The highest BCUT2D eigenvalue weighted by molar-refractivity contribution is 7.99. The van der Waals surface area contributed by atoms with Crippen molar-refractivity contribution in [3.63, 3.8) is 0 Å². The summed E-state index contributed by atoms with van der Waals surface area (Å²) in [5, 5.41) is 6.85. The number of benzene rings is 2. The Bertz CT molecular complexity index is 812. The van der Waals surface area contributed by atoms with Crippen molar-refractivity contribution in [2.75, 3.05) is 17.6 Å². The zero-order valence-electron chi connectivity index (χ0n) is 15.2. The SMILES string of the molecule is CC(C)CNC(=O)c1ccccc1NC(=O)CSCc1ccc(Cl)cc1Cl. The Morgan fingerprint density at radius 3 is 2.56 bits per heavy atom. The monoisotopic (exact) mass is 424 g/mol. The van der Waals surface area contributed by atoms with Crippen LogP contribution in [0.4, 0.5) is 5.69 Å². The molecule has 144 valence electrons. The summed E-state index contributed by atoms with van der Waals surface area (Å²) in [7, 11) is 0. The summed E-state index contributed by atoms with van der Waals surface area (Å²) in [5.74, 6) is 0.835. The molecule has 2 N–H and O–H groups in total. The molecular weight excluding hydrogens is 403 g/mol. The maximum atomic E-state index is 12.3. The first-order valence-electron chi connectivity index (χ1n) is 8.55. The quantitative estimate of drug-likeness (QED) is 0.607. The van der Waals surface area contributed by atoms with Gasteiger partial charge in [-0.3, -0.25) is 9.59 Å². The van der Waals surface area contributed by atoms with Crippen LogP contribution in [-0.2, 0) is 10.5 Å². The highest BCUT2D eigenvalue weighted by atomic mass is 35.5. The van der Waals surface area contributed by atoms with Gasteiger partial charge in [0.1, 0.15) is 0 Å². The molecular formula is C20H22Cl2N2O2S. The third kappa shape index (κ3) is 7.09. The normalized spacial score (nSPS) is 10.7. The Morgan fingerprint density at radius 1 is 1.11 bits per heavy atom. The summed E-state index contributed by atoms with van der Waals surface area (Å²) in [6.45, 7) is 4.63. The molecule has 0 aromatic heterocycles. The molecule has 0 heterocycles. The van der Waals surface area contributed by atoms with Gasteiger partial charge in [0.25, 0.3) is 5.91 Å². The van der Waals surface area contributed by atoms with Gasteiger partial charge in [0.15, 0.2) is 0 Å². The molecule has 2 aromatic carbocycles. The van der Waals surface area contributed by atoms with E-state index < -0.39 is 0 Å². The Kier molecular flexibility index (Phi) is 8.48. The molecule has 27 heavy (non-hydrogen) atoms. The first-order chi connectivity index (χ1) is 12.9. The highest BCUT2D eigenvalue weighted by Gasteiger charge is 2.13. The lowest BCUT2D eigenvalue weighted by molar-refractivity contribution is -0.113. The zero-order chi connectivity index (χ0) is 19.8. The molecule has 2 amide bonds. The lowest BCUT2D eigenvalue weighted by Crippen LogP contribution is -2.28. The van der Waals surface area contributed by atoms with E-state index in [9.17, 15) is 9.59 Å². The van der Waals surface area contributed by atoms with Crippen LogP contribution in [0.3, 0.4) is 0 Å². The average molecular weight is 425 g/mol. The van der Waals surface area contributed by atoms with Gasteiger partial charge < -0.3 is 10.6 Å². The first kappa shape index (κ1) is 21.6. The fourth-order valence-corrected chi connectivity index (χ4v) is 3.65. The maximum Gasteiger partial charge on any atom is 0.253 e. The molecule has 2 aromatic rings. The maximum absolute atomic E-state index is 12.3. The molecule has 0 aliphatic carbocycles. The third-order valence-electron chi connectivity index (χ3n) is 3.62. The van der Waals surface area contributed by atoms with Gasteiger partial charge in [-0.2, -0.15) is 0 Å². The summed E-state index contributed by atoms with van der Waals surface area (Å²) in [5.41, 5.74) is 1.89. The topological polar surface area (TPSA) is 58.2 Å². The van der Waals surface area contributed by atoms with Gasteiger partial charge in [0.05, 0.1) is 17.0 Å². The number of hydrogen-bond acceptors (Lipinski definition) is 3. The lowest BCUT2D eigenvalue weighted by Gasteiger charge is -2.12. The zero-order valence-corrected chi connectivity index (χ0v) is 17.5. The Morgan fingerprint density at radius 2 is 1.85 bits per heavy atom. The van der Waals surface area contributed by atoms with Crippen molar-refractivity contribution in [1.82, 2.24) is 5.32 Å². The summed E-state index contributed by atoms with van der Waals surface area (Å²) < 4.78 is 0. The first-order valence-corrected chi connectivity index (χ1v) is 10.5. The van der Waals surface area contributed by atoms with Crippen molar-refractivity contribution >= 4 is 52.5 Å². The number of anilines is 1. The van der Waals surface area contributed by atoms with Crippen LogP contribution in [0.2, 0.25) is 10.0 Å². The van der Waals surface area contributed by atoms with Crippen LogP contribution in [0.25, 0.3) is 0 Å². The predicted molar refractivity (Wildman–Crippen MR) is 115 cm³/mol. The lowest BCUT2D eigenvalue weighted by atomic mass is 10.1. The fourth-order valence-electron chi connectivity index (χ4n) is 2.26. The summed E-state index contributed by atoms with van der Waals surface area (Å²) in [4.78, 5) is 24.6. The van der Waals surface area contributed by atoms with Crippen molar-refractivity contribution in [3.05, 3.63) is 63.6 Å². The Labute approximate surface area is 174 Å². The number of para-hydroxylation sites is 1. The third-order valence-corrected chi connectivity index (χ3v) is 5.19. The van der Waals surface area contributed by atoms with Crippen molar-refractivity contribution in [2.45, 2.75) is 19.6 Å². The van der Waals surface area contributed by atoms with Gasteiger partial charge in [0.2, 0.25) is 5.91 Å². The molecule has 0 fully saturated rings. The van der Waals surface area contributed by atoms with Crippen LogP contribution in [0.5, 0.6) is 0 Å². The second kappa shape index (κ2) is 10.6. The van der Waals surface area contributed by atoms with Gasteiger partial charge >= 0.3 is 0 Å². The van der Waals surface area contributed by atoms with Gasteiger partial charge in [-0.05, 0) is 35.7 Å². The van der Waals surface area contributed by atoms with E-state index in [1.165, 1.54) is 11.8 Å². The molecule has 0 aliphatic rings. The fraction of sp³-hybridized carbons (Fsp3) is 0.300. The van der Waals surface area contributed by atoms with Crippen LogP contribution in [0, 0.1) is 5.92 Å². The van der Waals surface area contributed by atoms with E-state index >= 15 is 0 Å². The van der Waals surface area contributed by atoms with Crippen molar-refractivity contribution in [2.24, 2.45) is 5.92 Å². The van der Waals surface area contributed by atoms with Crippen LogP contribution < -0.4 is 10.6 Å². The van der Waals surface area contributed by atoms with E-state index in [2.05, 4.69) is 10.6 Å². The number of halogens is 2. The number of thioether (sulfide) groups is 1. The number of carbonyl (C=O) groups excluding carboxylic acids is 2. The number of carbonyl (C=O) groups is 2.